The molecule has 0 spiro atoms. The van der Waals surface area contributed by atoms with Crippen LogP contribution < -0.4 is 13.4 Å². The minimum atomic E-state index is -1.32. The van der Waals surface area contributed by atoms with Crippen molar-refractivity contribution in [3.63, 3.8) is 0 Å². The molecule has 2 aliphatic rings. The molecule has 0 aromatic heterocycles. The average molecular weight is 423 g/mol. The van der Waals surface area contributed by atoms with Gasteiger partial charge in [0.1, 0.15) is 0 Å². The van der Waals surface area contributed by atoms with E-state index in [1.165, 1.54) is 18.0 Å². The first-order valence-corrected chi connectivity index (χ1v) is 15.4. The van der Waals surface area contributed by atoms with E-state index in [-0.39, 0.29) is 0 Å². The van der Waals surface area contributed by atoms with E-state index in [4.69, 9.17) is 0 Å². The molecule has 0 saturated heterocycles. The normalized spacial score (nSPS) is 14.7. The van der Waals surface area contributed by atoms with Crippen LogP contribution in [0.2, 0.25) is 18.6 Å². The van der Waals surface area contributed by atoms with Gasteiger partial charge in [0.05, 0.1) is 0 Å². The third-order valence-corrected chi connectivity index (χ3v) is 14.8. The fourth-order valence-corrected chi connectivity index (χ4v) is 10.7. The summed E-state index contributed by atoms with van der Waals surface area (Å²) in [6.45, 7) is 7.62. The van der Waals surface area contributed by atoms with Crippen molar-refractivity contribution < 1.29 is 0 Å². The summed E-state index contributed by atoms with van der Waals surface area (Å²) in [7, 11) is -1.32. The van der Waals surface area contributed by atoms with Gasteiger partial charge in [0.15, 0.2) is 0 Å². The zero-order chi connectivity index (χ0) is 18.1. The Hall–Kier alpha value is -1.60. The van der Waals surface area contributed by atoms with Gasteiger partial charge in [-0.15, -0.1) is 0 Å². The summed E-state index contributed by atoms with van der Waals surface area (Å²) >= 11 is -0.894. The van der Waals surface area contributed by atoms with Crippen LogP contribution in [-0.2, 0) is 12.5 Å². The number of fused-ring (bicyclic) bond motifs is 2. The molecule has 0 aliphatic carbocycles. The predicted molar refractivity (Wildman–Crippen MR) is 118 cm³/mol. The fourth-order valence-electron chi connectivity index (χ4n) is 3.81. The van der Waals surface area contributed by atoms with Crippen LogP contribution in [0.5, 0.6) is 0 Å². The van der Waals surface area contributed by atoms with E-state index in [9.17, 15) is 0 Å². The van der Waals surface area contributed by atoms with Crippen LogP contribution in [-0.4, -0.2) is 22.0 Å². The van der Waals surface area contributed by atoms with Gasteiger partial charge in [0.25, 0.3) is 0 Å². The van der Waals surface area contributed by atoms with E-state index < -0.39 is 22.0 Å². The minimum absolute atomic E-state index is 0.786. The van der Waals surface area contributed by atoms with Crippen molar-refractivity contribution in [3.05, 3.63) is 90.0 Å². The standard InChI is InChI=1S/C24H27SeSi/c1-19(26(2,3)18-20-10-6-4-7-11-20)16-21-14-15-23-17-24(21)25(23)22-12-8-5-9-13-22/h4-15,17,19H,16,18H2,1-3H3. The Morgan fingerprint density at radius 3 is 2.12 bits per heavy atom. The maximum absolute atomic E-state index is 2.56. The van der Waals surface area contributed by atoms with E-state index in [0.717, 1.165) is 5.54 Å². The van der Waals surface area contributed by atoms with E-state index in [1.807, 2.05) is 0 Å². The zero-order valence-corrected chi connectivity index (χ0v) is 18.6. The third kappa shape index (κ3) is 3.47. The quantitative estimate of drug-likeness (QED) is 0.413. The SMILES string of the molecule is CC(Cc1ccc2cc1[Se]2c1ccccc1)[Si](C)(C)Cc1ccccc1. The van der Waals surface area contributed by atoms with Crippen molar-refractivity contribution in [1.29, 1.82) is 0 Å². The van der Waals surface area contributed by atoms with Gasteiger partial charge in [-0.2, -0.15) is 0 Å². The summed E-state index contributed by atoms with van der Waals surface area (Å²) in [5.74, 6) is 0. The van der Waals surface area contributed by atoms with Crippen molar-refractivity contribution in [3.8, 4) is 0 Å². The molecule has 133 valence electrons. The van der Waals surface area contributed by atoms with Crippen LogP contribution in [0.1, 0.15) is 18.1 Å². The van der Waals surface area contributed by atoms with Gasteiger partial charge < -0.3 is 0 Å². The molecule has 0 nitrogen and oxygen atoms in total. The number of hydrogen-bond acceptors (Lipinski definition) is 0. The maximum atomic E-state index is 2.56. The van der Waals surface area contributed by atoms with Crippen molar-refractivity contribution in [2.24, 2.45) is 0 Å². The van der Waals surface area contributed by atoms with E-state index in [2.05, 4.69) is 98.9 Å². The molecule has 2 heteroatoms. The fraction of sp³-hybridized carbons (Fsp3) is 0.250. The summed E-state index contributed by atoms with van der Waals surface area (Å²) in [4.78, 5) is 0. The molecule has 3 aromatic rings. The van der Waals surface area contributed by atoms with Crippen LogP contribution >= 0.6 is 0 Å². The van der Waals surface area contributed by atoms with Gasteiger partial charge in [-0.05, 0) is 0 Å². The predicted octanol–water partition coefficient (Wildman–Crippen LogP) is 3.94. The molecule has 5 rings (SSSR count). The Balaban J connectivity index is 1.51. The average Bonchev–Trinajstić information content (AvgIpc) is 2.63. The number of hydrogen-bond donors (Lipinski definition) is 0. The van der Waals surface area contributed by atoms with Crippen molar-refractivity contribution in [2.75, 3.05) is 0 Å². The van der Waals surface area contributed by atoms with Crippen molar-refractivity contribution in [2.45, 2.75) is 38.0 Å². The topological polar surface area (TPSA) is 0 Å². The number of rotatable bonds is 6. The van der Waals surface area contributed by atoms with Gasteiger partial charge >= 0.3 is 163 Å². The van der Waals surface area contributed by atoms with E-state index >= 15 is 0 Å². The second-order valence-corrected chi connectivity index (χ2v) is 17.6. The van der Waals surface area contributed by atoms with Crippen molar-refractivity contribution >= 4 is 35.4 Å². The molecule has 0 saturated carbocycles. The van der Waals surface area contributed by atoms with Crippen LogP contribution in [0.25, 0.3) is 0 Å². The van der Waals surface area contributed by atoms with Gasteiger partial charge in [-0.1, -0.05) is 0 Å². The molecule has 2 aliphatic heterocycles. The van der Waals surface area contributed by atoms with E-state index in [0.29, 0.717) is 0 Å². The zero-order valence-electron chi connectivity index (χ0n) is 15.9. The van der Waals surface area contributed by atoms with Crippen LogP contribution in [0.4, 0.5) is 0 Å². The Labute approximate surface area is 163 Å². The Bertz CT molecular complexity index is 883. The molecular weight excluding hydrogens is 395 g/mol. The van der Waals surface area contributed by atoms with Gasteiger partial charge in [-0.25, -0.2) is 0 Å². The van der Waals surface area contributed by atoms with Crippen LogP contribution in [0, 0.1) is 0 Å². The van der Waals surface area contributed by atoms with Crippen LogP contribution in [0.15, 0.2) is 78.9 Å². The first-order valence-electron chi connectivity index (χ1n) is 9.51. The van der Waals surface area contributed by atoms with Crippen molar-refractivity contribution in [1.82, 2.24) is 0 Å². The second kappa shape index (κ2) is 7.19. The summed E-state index contributed by atoms with van der Waals surface area (Å²) < 4.78 is 4.85. The second-order valence-electron chi connectivity index (χ2n) is 8.14. The van der Waals surface area contributed by atoms with E-state index in [1.54, 1.807) is 18.9 Å². The molecule has 1 atom stereocenters. The first-order chi connectivity index (χ1) is 12.5. The molecule has 0 fully saturated rings. The Kier molecular flexibility index (Phi) is 4.92. The molecule has 2 bridgehead atoms. The number of benzene rings is 3. The molecule has 26 heavy (non-hydrogen) atoms. The molecule has 0 amide bonds. The Morgan fingerprint density at radius 2 is 1.46 bits per heavy atom. The molecular formula is C24H27SeSi. The molecule has 3 aromatic carbocycles. The summed E-state index contributed by atoms with van der Waals surface area (Å²) in [6, 6.07) is 30.8. The summed E-state index contributed by atoms with van der Waals surface area (Å²) in [5, 5.41) is 0. The summed E-state index contributed by atoms with van der Waals surface area (Å²) in [5.41, 5.74) is 3.91. The Morgan fingerprint density at radius 1 is 0.808 bits per heavy atom. The monoisotopic (exact) mass is 423 g/mol. The molecule has 2 heterocycles. The third-order valence-electron chi connectivity index (χ3n) is 5.84. The molecule has 1 radical (unpaired) electrons. The van der Waals surface area contributed by atoms with Gasteiger partial charge in [-0.3, -0.25) is 0 Å². The van der Waals surface area contributed by atoms with Crippen LogP contribution in [0.3, 0.4) is 0 Å². The van der Waals surface area contributed by atoms with Gasteiger partial charge in [0, 0.05) is 0 Å². The first kappa shape index (κ1) is 17.8. The summed E-state index contributed by atoms with van der Waals surface area (Å²) in [6.07, 6.45) is 1.24. The molecule has 1 unspecified atom stereocenters. The van der Waals surface area contributed by atoms with Gasteiger partial charge in [0.2, 0.25) is 0 Å². The molecule has 0 N–H and O–H groups in total.